The summed E-state index contributed by atoms with van der Waals surface area (Å²) >= 11 is 1.69. The number of hydrogen-bond donors (Lipinski definition) is 2. The van der Waals surface area contributed by atoms with E-state index >= 15 is 0 Å². The van der Waals surface area contributed by atoms with Crippen molar-refractivity contribution in [2.45, 2.75) is 25.3 Å². The highest BCUT2D eigenvalue weighted by Gasteiger charge is 2.21. The van der Waals surface area contributed by atoms with Gasteiger partial charge in [0.1, 0.15) is 0 Å². The van der Waals surface area contributed by atoms with Gasteiger partial charge >= 0.3 is 0 Å². The molecule has 7 heteroatoms. The highest BCUT2D eigenvalue weighted by Crippen LogP contribution is 2.16. The molecular weight excluding hydrogens is 322 g/mol. The number of aromatic nitrogens is 2. The van der Waals surface area contributed by atoms with Gasteiger partial charge in [-0.15, -0.1) is 5.10 Å². The van der Waals surface area contributed by atoms with E-state index in [1.165, 1.54) is 5.56 Å². The van der Waals surface area contributed by atoms with Gasteiger partial charge in [0.25, 0.3) is 0 Å². The van der Waals surface area contributed by atoms with Crippen LogP contribution in [-0.4, -0.2) is 48.3 Å². The molecule has 24 heavy (non-hydrogen) atoms. The summed E-state index contributed by atoms with van der Waals surface area (Å²) in [5, 5.41) is 18.6. The van der Waals surface area contributed by atoms with E-state index < -0.39 is 0 Å². The smallest absolute Gasteiger partial charge is 0.233 e. The minimum absolute atomic E-state index is 0.0573. The van der Waals surface area contributed by atoms with E-state index in [0.717, 1.165) is 38.2 Å². The van der Waals surface area contributed by atoms with Crippen molar-refractivity contribution in [3.8, 4) is 0 Å². The molecule has 3 heterocycles. The number of piperidine rings is 1. The van der Waals surface area contributed by atoms with Crippen LogP contribution in [0.1, 0.15) is 18.4 Å². The normalized spacial score (nSPS) is 17.7. The fourth-order valence-electron chi connectivity index (χ4n) is 2.89. The molecule has 6 nitrogen and oxygen atoms in total. The van der Waals surface area contributed by atoms with Gasteiger partial charge in [0, 0.05) is 31.9 Å². The van der Waals surface area contributed by atoms with Crippen molar-refractivity contribution in [2.24, 2.45) is 0 Å². The molecule has 1 fully saturated rings. The largest absolute Gasteiger partial charge is 0.355 e. The van der Waals surface area contributed by atoms with Crippen molar-refractivity contribution in [1.82, 2.24) is 20.8 Å². The molecule has 1 unspecified atom stereocenters. The fraction of sp³-hybridized carbons (Fsp3) is 0.471. The Kier molecular flexibility index (Phi) is 6.14. The lowest BCUT2D eigenvalue weighted by molar-refractivity contribution is -0.120. The molecule has 1 saturated heterocycles. The summed E-state index contributed by atoms with van der Waals surface area (Å²) in [5.41, 5.74) is 1.28. The van der Waals surface area contributed by atoms with Gasteiger partial charge in [0.05, 0.1) is 6.54 Å². The molecule has 0 radical (unpaired) electrons. The second-order valence-electron chi connectivity index (χ2n) is 5.98. The maximum Gasteiger partial charge on any atom is 0.233 e. The second kappa shape index (κ2) is 8.75. The molecule has 128 valence electrons. The first-order valence-corrected chi connectivity index (χ1v) is 9.29. The summed E-state index contributed by atoms with van der Waals surface area (Å²) in [6.07, 6.45) is 4.75. The zero-order chi connectivity index (χ0) is 16.6. The topological polar surface area (TPSA) is 70.2 Å². The van der Waals surface area contributed by atoms with E-state index in [4.69, 9.17) is 0 Å². The molecule has 0 spiro atoms. The molecule has 1 aliphatic rings. The van der Waals surface area contributed by atoms with Crippen molar-refractivity contribution >= 4 is 23.1 Å². The van der Waals surface area contributed by atoms with Crippen LogP contribution in [0.4, 0.5) is 5.82 Å². The van der Waals surface area contributed by atoms with Crippen LogP contribution in [-0.2, 0) is 11.2 Å². The van der Waals surface area contributed by atoms with Gasteiger partial charge in [0.15, 0.2) is 5.82 Å². The number of nitrogens with one attached hydrogen (secondary N) is 2. The lowest BCUT2D eigenvalue weighted by atomic mass is 10.1. The predicted molar refractivity (Wildman–Crippen MR) is 96.3 cm³/mol. The highest BCUT2D eigenvalue weighted by atomic mass is 32.1. The molecule has 0 saturated carbocycles. The van der Waals surface area contributed by atoms with Crippen LogP contribution >= 0.6 is 11.3 Å². The maximum atomic E-state index is 12.0. The third-order valence-electron chi connectivity index (χ3n) is 4.17. The summed E-state index contributed by atoms with van der Waals surface area (Å²) in [7, 11) is 0. The number of hydrogen-bond acceptors (Lipinski definition) is 6. The summed E-state index contributed by atoms with van der Waals surface area (Å²) in [5.74, 6) is 0.964. The van der Waals surface area contributed by atoms with Crippen molar-refractivity contribution in [3.63, 3.8) is 0 Å². The van der Waals surface area contributed by atoms with Crippen molar-refractivity contribution < 1.29 is 4.79 Å². The minimum Gasteiger partial charge on any atom is -0.355 e. The SMILES string of the molecule is O=C(CNC1CCCN(c2cccnn2)C1)NCCc1ccsc1. The maximum absolute atomic E-state index is 12.0. The summed E-state index contributed by atoms with van der Waals surface area (Å²) < 4.78 is 0. The monoisotopic (exact) mass is 345 g/mol. The lowest BCUT2D eigenvalue weighted by Gasteiger charge is -2.33. The number of nitrogens with zero attached hydrogens (tertiary/aromatic N) is 3. The van der Waals surface area contributed by atoms with Crippen LogP contribution in [0.5, 0.6) is 0 Å². The van der Waals surface area contributed by atoms with E-state index in [1.807, 2.05) is 12.1 Å². The second-order valence-corrected chi connectivity index (χ2v) is 6.76. The average Bonchev–Trinajstić information content (AvgIpc) is 3.14. The molecule has 2 aromatic rings. The zero-order valence-electron chi connectivity index (χ0n) is 13.6. The number of carbonyl (C=O) groups excluding carboxylic acids is 1. The van der Waals surface area contributed by atoms with E-state index in [9.17, 15) is 4.79 Å². The molecule has 0 aliphatic carbocycles. The Morgan fingerprint density at radius 3 is 3.17 bits per heavy atom. The Labute approximate surface area is 146 Å². The van der Waals surface area contributed by atoms with Gasteiger partial charge in [-0.25, -0.2) is 0 Å². The van der Waals surface area contributed by atoms with Gasteiger partial charge in [0.2, 0.25) is 5.91 Å². The number of thiophene rings is 1. The van der Waals surface area contributed by atoms with Gasteiger partial charge in [-0.2, -0.15) is 16.4 Å². The summed E-state index contributed by atoms with van der Waals surface area (Å²) in [6.45, 7) is 2.90. The van der Waals surface area contributed by atoms with Crippen molar-refractivity contribution in [2.75, 3.05) is 31.1 Å². The Hall–Kier alpha value is -1.99. The zero-order valence-corrected chi connectivity index (χ0v) is 14.5. The first-order chi connectivity index (χ1) is 11.8. The van der Waals surface area contributed by atoms with Crippen LogP contribution in [0.3, 0.4) is 0 Å². The first kappa shape index (κ1) is 16.9. The van der Waals surface area contributed by atoms with Gasteiger partial charge in [-0.05, 0) is 53.8 Å². The molecule has 1 amide bonds. The predicted octanol–water partition coefficient (Wildman–Crippen LogP) is 1.46. The number of carbonyl (C=O) groups is 1. The van der Waals surface area contributed by atoms with Crippen LogP contribution in [0, 0.1) is 0 Å². The van der Waals surface area contributed by atoms with Crippen molar-refractivity contribution in [1.29, 1.82) is 0 Å². The third-order valence-corrected chi connectivity index (χ3v) is 4.90. The van der Waals surface area contributed by atoms with Crippen LogP contribution in [0.25, 0.3) is 0 Å². The Morgan fingerprint density at radius 2 is 2.38 bits per heavy atom. The Balaban J connectivity index is 1.37. The van der Waals surface area contributed by atoms with Crippen LogP contribution < -0.4 is 15.5 Å². The van der Waals surface area contributed by atoms with E-state index in [0.29, 0.717) is 19.1 Å². The Bertz CT molecular complexity index is 619. The van der Waals surface area contributed by atoms with E-state index in [-0.39, 0.29) is 5.91 Å². The third kappa shape index (κ3) is 5.01. The summed E-state index contributed by atoms with van der Waals surface area (Å²) in [6, 6.07) is 6.29. The Morgan fingerprint density at radius 1 is 1.42 bits per heavy atom. The number of rotatable bonds is 7. The van der Waals surface area contributed by atoms with Gasteiger partial charge in [-0.1, -0.05) is 0 Å². The molecule has 1 atom stereocenters. The first-order valence-electron chi connectivity index (χ1n) is 8.35. The molecule has 1 aliphatic heterocycles. The fourth-order valence-corrected chi connectivity index (χ4v) is 3.60. The quantitative estimate of drug-likeness (QED) is 0.795. The van der Waals surface area contributed by atoms with E-state index in [1.54, 1.807) is 17.5 Å². The minimum atomic E-state index is 0.0573. The average molecular weight is 345 g/mol. The van der Waals surface area contributed by atoms with Crippen molar-refractivity contribution in [3.05, 3.63) is 40.7 Å². The molecular formula is C17H23N5OS. The molecule has 3 rings (SSSR count). The molecule has 0 aromatic carbocycles. The summed E-state index contributed by atoms with van der Waals surface area (Å²) in [4.78, 5) is 14.2. The lowest BCUT2D eigenvalue weighted by Crippen LogP contribution is -2.48. The highest BCUT2D eigenvalue weighted by molar-refractivity contribution is 7.07. The molecule has 2 aromatic heterocycles. The standard InChI is InChI=1S/C17H23N5OS/c23-17(18-8-5-14-6-10-24-13-14)11-19-15-3-2-9-22(12-15)16-4-1-7-20-21-16/h1,4,6-7,10,13,15,19H,2-3,5,8-9,11-12H2,(H,18,23). The van der Waals surface area contributed by atoms with Gasteiger partial charge < -0.3 is 15.5 Å². The van der Waals surface area contributed by atoms with Gasteiger partial charge in [-0.3, -0.25) is 4.79 Å². The number of anilines is 1. The molecule has 2 N–H and O–H groups in total. The van der Waals surface area contributed by atoms with Crippen LogP contribution in [0.2, 0.25) is 0 Å². The number of amides is 1. The van der Waals surface area contributed by atoms with E-state index in [2.05, 4.69) is 42.6 Å². The molecule has 0 bridgehead atoms. The van der Waals surface area contributed by atoms with Crippen LogP contribution in [0.15, 0.2) is 35.2 Å².